The first-order chi connectivity index (χ1) is 9.19. The number of likely N-dealkylation sites (N-methyl/N-ethyl adjacent to an activating group) is 1. The van der Waals surface area contributed by atoms with E-state index >= 15 is 0 Å². The maximum absolute atomic E-state index is 12.8. The van der Waals surface area contributed by atoms with Crippen LogP contribution in [0.3, 0.4) is 0 Å². The number of hydrogen-bond acceptors (Lipinski definition) is 4. The number of rotatable bonds is 5. The molecule has 0 bridgehead atoms. The van der Waals surface area contributed by atoms with Gasteiger partial charge in [-0.3, -0.25) is 4.90 Å². The molecule has 3 nitrogen and oxygen atoms in total. The summed E-state index contributed by atoms with van der Waals surface area (Å²) in [5.41, 5.74) is 5.84. The first-order valence-electron chi connectivity index (χ1n) is 6.70. The Labute approximate surface area is 118 Å². The Morgan fingerprint density at radius 3 is 2.74 bits per heavy atom. The van der Waals surface area contributed by atoms with Gasteiger partial charge < -0.3 is 10.6 Å². The van der Waals surface area contributed by atoms with Gasteiger partial charge in [-0.15, -0.1) is 11.8 Å². The molecule has 2 rings (SSSR count). The monoisotopic (exact) mass is 283 g/mol. The molecule has 1 fully saturated rings. The van der Waals surface area contributed by atoms with E-state index in [9.17, 15) is 4.39 Å². The minimum Gasteiger partial charge on any atom is -0.329 e. The minimum absolute atomic E-state index is 0.174. The zero-order valence-electron chi connectivity index (χ0n) is 11.4. The molecule has 0 radical (unpaired) electrons. The molecule has 1 aromatic rings. The molecular weight excluding hydrogens is 261 g/mol. The van der Waals surface area contributed by atoms with Crippen LogP contribution < -0.4 is 5.73 Å². The SMILES string of the molecule is CN1CCN(CCSc2ccc(F)cc2)C(CN)C1. The van der Waals surface area contributed by atoms with Gasteiger partial charge in [0.1, 0.15) is 5.82 Å². The first kappa shape index (κ1) is 14.8. The molecule has 0 saturated carbocycles. The molecule has 1 aromatic carbocycles. The fraction of sp³-hybridized carbons (Fsp3) is 0.571. The van der Waals surface area contributed by atoms with Crippen LogP contribution in [0.5, 0.6) is 0 Å². The Morgan fingerprint density at radius 1 is 1.32 bits per heavy atom. The van der Waals surface area contributed by atoms with Crippen molar-refractivity contribution in [2.24, 2.45) is 5.73 Å². The van der Waals surface area contributed by atoms with Gasteiger partial charge in [0.15, 0.2) is 0 Å². The molecule has 1 saturated heterocycles. The third-order valence-corrected chi connectivity index (χ3v) is 4.53. The summed E-state index contributed by atoms with van der Waals surface area (Å²) in [7, 11) is 2.15. The summed E-state index contributed by atoms with van der Waals surface area (Å²) in [6.07, 6.45) is 0. The number of thioether (sulfide) groups is 1. The summed E-state index contributed by atoms with van der Waals surface area (Å²) < 4.78 is 12.8. The van der Waals surface area contributed by atoms with Crippen LogP contribution in [0, 0.1) is 5.82 Å². The van der Waals surface area contributed by atoms with E-state index in [0.717, 1.165) is 36.8 Å². The number of halogens is 1. The van der Waals surface area contributed by atoms with E-state index in [1.807, 2.05) is 12.1 Å². The fourth-order valence-electron chi connectivity index (χ4n) is 2.38. The van der Waals surface area contributed by atoms with E-state index < -0.39 is 0 Å². The lowest BCUT2D eigenvalue weighted by Gasteiger charge is -2.39. The van der Waals surface area contributed by atoms with Crippen LogP contribution in [-0.4, -0.2) is 61.4 Å². The maximum atomic E-state index is 12.8. The van der Waals surface area contributed by atoms with E-state index in [1.54, 1.807) is 11.8 Å². The van der Waals surface area contributed by atoms with Gasteiger partial charge >= 0.3 is 0 Å². The van der Waals surface area contributed by atoms with Crippen molar-refractivity contribution in [1.82, 2.24) is 9.80 Å². The molecule has 0 spiro atoms. The van der Waals surface area contributed by atoms with Gasteiger partial charge in [-0.1, -0.05) is 0 Å². The second-order valence-electron chi connectivity index (χ2n) is 4.99. The first-order valence-corrected chi connectivity index (χ1v) is 7.68. The number of nitrogens with zero attached hydrogens (tertiary/aromatic N) is 2. The minimum atomic E-state index is -0.174. The van der Waals surface area contributed by atoms with Crippen LogP contribution in [0.2, 0.25) is 0 Å². The van der Waals surface area contributed by atoms with Gasteiger partial charge in [-0.05, 0) is 31.3 Å². The van der Waals surface area contributed by atoms with Gasteiger partial charge in [0, 0.05) is 49.4 Å². The Hall–Kier alpha value is -0.620. The average molecular weight is 283 g/mol. The zero-order valence-corrected chi connectivity index (χ0v) is 12.2. The Balaban J connectivity index is 1.77. The highest BCUT2D eigenvalue weighted by Crippen LogP contribution is 2.19. The van der Waals surface area contributed by atoms with Gasteiger partial charge in [-0.25, -0.2) is 4.39 Å². The molecule has 2 N–H and O–H groups in total. The van der Waals surface area contributed by atoms with Crippen molar-refractivity contribution < 1.29 is 4.39 Å². The second kappa shape index (κ2) is 7.24. The predicted octanol–water partition coefficient (Wildman–Crippen LogP) is 1.49. The van der Waals surface area contributed by atoms with E-state index in [0.29, 0.717) is 12.6 Å². The Morgan fingerprint density at radius 2 is 2.05 bits per heavy atom. The van der Waals surface area contributed by atoms with Crippen molar-refractivity contribution in [3.05, 3.63) is 30.1 Å². The van der Waals surface area contributed by atoms with Crippen LogP contribution in [-0.2, 0) is 0 Å². The fourth-order valence-corrected chi connectivity index (χ4v) is 3.27. The third-order valence-electron chi connectivity index (χ3n) is 3.54. The topological polar surface area (TPSA) is 32.5 Å². The highest BCUT2D eigenvalue weighted by molar-refractivity contribution is 7.99. The molecule has 106 valence electrons. The lowest BCUT2D eigenvalue weighted by Crippen LogP contribution is -2.55. The maximum Gasteiger partial charge on any atom is 0.123 e. The van der Waals surface area contributed by atoms with Crippen molar-refractivity contribution >= 4 is 11.8 Å². The standard InChI is InChI=1S/C14H22FN3S/c1-17-6-7-18(13(10-16)11-17)8-9-19-14-4-2-12(15)3-5-14/h2-5,13H,6-11,16H2,1H3. The molecule has 0 aliphatic carbocycles. The molecule has 0 amide bonds. The van der Waals surface area contributed by atoms with Gasteiger partial charge in [-0.2, -0.15) is 0 Å². The molecule has 1 atom stereocenters. The molecule has 0 aromatic heterocycles. The smallest absolute Gasteiger partial charge is 0.123 e. The molecule has 1 unspecified atom stereocenters. The highest BCUT2D eigenvalue weighted by atomic mass is 32.2. The Kier molecular flexibility index (Phi) is 5.63. The van der Waals surface area contributed by atoms with Gasteiger partial charge in [0.2, 0.25) is 0 Å². The van der Waals surface area contributed by atoms with E-state index in [1.165, 1.54) is 12.1 Å². The summed E-state index contributed by atoms with van der Waals surface area (Å²) in [4.78, 5) is 5.93. The van der Waals surface area contributed by atoms with E-state index in [2.05, 4.69) is 16.8 Å². The van der Waals surface area contributed by atoms with Crippen molar-refractivity contribution in [2.45, 2.75) is 10.9 Å². The van der Waals surface area contributed by atoms with Crippen LogP contribution >= 0.6 is 11.8 Å². The Bertz CT molecular complexity index is 385. The summed E-state index contributed by atoms with van der Waals surface area (Å²) in [5.74, 6) is 0.845. The van der Waals surface area contributed by atoms with Crippen LogP contribution in [0.25, 0.3) is 0 Å². The molecule has 1 heterocycles. The van der Waals surface area contributed by atoms with Crippen molar-refractivity contribution in [3.8, 4) is 0 Å². The average Bonchev–Trinajstić information content (AvgIpc) is 2.42. The lowest BCUT2D eigenvalue weighted by atomic mass is 10.2. The summed E-state index contributed by atoms with van der Waals surface area (Å²) in [6, 6.07) is 7.17. The predicted molar refractivity (Wildman–Crippen MR) is 79.0 cm³/mol. The summed E-state index contributed by atoms with van der Waals surface area (Å²) in [5, 5.41) is 0. The number of hydrogen-bond donors (Lipinski definition) is 1. The van der Waals surface area contributed by atoms with E-state index in [-0.39, 0.29) is 5.82 Å². The van der Waals surface area contributed by atoms with Crippen LogP contribution in [0.4, 0.5) is 4.39 Å². The summed E-state index contributed by atoms with van der Waals surface area (Å²) in [6.45, 7) is 5.00. The number of benzene rings is 1. The van der Waals surface area contributed by atoms with E-state index in [4.69, 9.17) is 5.73 Å². The quantitative estimate of drug-likeness (QED) is 0.830. The lowest BCUT2D eigenvalue weighted by molar-refractivity contribution is 0.101. The van der Waals surface area contributed by atoms with Crippen molar-refractivity contribution in [2.75, 3.05) is 45.5 Å². The second-order valence-corrected chi connectivity index (χ2v) is 6.16. The zero-order chi connectivity index (χ0) is 13.7. The number of piperazine rings is 1. The molecule has 5 heteroatoms. The van der Waals surface area contributed by atoms with Crippen molar-refractivity contribution in [3.63, 3.8) is 0 Å². The molecule has 19 heavy (non-hydrogen) atoms. The third kappa shape index (κ3) is 4.45. The summed E-state index contributed by atoms with van der Waals surface area (Å²) >= 11 is 1.77. The molecule has 1 aliphatic rings. The van der Waals surface area contributed by atoms with Gasteiger partial charge in [0.05, 0.1) is 0 Å². The normalized spacial score (nSPS) is 21.7. The number of nitrogens with two attached hydrogens (primary N) is 1. The highest BCUT2D eigenvalue weighted by Gasteiger charge is 2.23. The molecule has 1 aliphatic heterocycles. The molecular formula is C14H22FN3S. The van der Waals surface area contributed by atoms with Crippen LogP contribution in [0.1, 0.15) is 0 Å². The van der Waals surface area contributed by atoms with Crippen molar-refractivity contribution in [1.29, 1.82) is 0 Å². The van der Waals surface area contributed by atoms with Crippen LogP contribution in [0.15, 0.2) is 29.2 Å². The van der Waals surface area contributed by atoms with Gasteiger partial charge in [0.25, 0.3) is 0 Å². The largest absolute Gasteiger partial charge is 0.329 e.